The maximum absolute atomic E-state index is 11.9. The van der Waals surface area contributed by atoms with Crippen molar-refractivity contribution in [2.75, 3.05) is 0 Å². The van der Waals surface area contributed by atoms with Crippen molar-refractivity contribution in [2.24, 2.45) is 0 Å². The lowest BCUT2D eigenvalue weighted by Crippen LogP contribution is -2.14. The van der Waals surface area contributed by atoms with Crippen LogP contribution < -0.4 is 0 Å². The summed E-state index contributed by atoms with van der Waals surface area (Å²) < 4.78 is 4.83. The minimum atomic E-state index is -0.690. The zero-order valence-corrected chi connectivity index (χ0v) is 10.8. The van der Waals surface area contributed by atoms with E-state index in [2.05, 4.69) is 0 Å². The molecule has 0 saturated heterocycles. The topological polar surface area (TPSA) is 43.4 Å². The second kappa shape index (κ2) is 6.16. The first-order chi connectivity index (χ1) is 9.22. The molecule has 0 amide bonds. The Labute approximate surface area is 115 Å². The Kier molecular flexibility index (Phi) is 4.31. The molecule has 0 spiro atoms. The summed E-state index contributed by atoms with van der Waals surface area (Å²) in [6, 6.07) is 15.1. The summed E-state index contributed by atoms with van der Waals surface area (Å²) in [7, 11) is 0. The smallest absolute Gasteiger partial charge is 0.346 e. The molecule has 0 fully saturated rings. The molecule has 0 radical (unpaired) electrons. The molecule has 2 rings (SSSR count). The summed E-state index contributed by atoms with van der Waals surface area (Å²) in [5.74, 6) is -1.18. The molecule has 3 nitrogen and oxygen atoms in total. The first-order valence-electron chi connectivity index (χ1n) is 5.68. The molecule has 0 aliphatic carbocycles. The van der Waals surface area contributed by atoms with Crippen LogP contribution in [0.3, 0.4) is 0 Å². The molecule has 0 unspecified atom stereocenters. The third kappa shape index (κ3) is 3.20. The second-order valence-corrected chi connectivity index (χ2v) is 4.10. The van der Waals surface area contributed by atoms with Gasteiger partial charge in [0.25, 0.3) is 0 Å². The number of carbonyl (C=O) groups is 2. The van der Waals surface area contributed by atoms with Gasteiger partial charge in [-0.25, -0.2) is 9.59 Å². The van der Waals surface area contributed by atoms with Crippen LogP contribution in [0.2, 0.25) is 0 Å². The van der Waals surface area contributed by atoms with E-state index in [1.807, 2.05) is 0 Å². The highest BCUT2D eigenvalue weighted by molar-refractivity contribution is 6.17. The van der Waals surface area contributed by atoms with Gasteiger partial charge >= 0.3 is 11.9 Å². The van der Waals surface area contributed by atoms with Gasteiger partial charge in [-0.2, -0.15) is 0 Å². The maximum atomic E-state index is 11.9. The lowest BCUT2D eigenvalue weighted by molar-refractivity contribution is 0.0397. The molecule has 0 heterocycles. The molecule has 19 heavy (non-hydrogen) atoms. The Morgan fingerprint density at radius 3 is 2.21 bits per heavy atom. The molecular weight excluding hydrogens is 264 g/mol. The van der Waals surface area contributed by atoms with Crippen molar-refractivity contribution in [2.45, 2.75) is 5.88 Å². The van der Waals surface area contributed by atoms with Crippen LogP contribution in [0.5, 0.6) is 0 Å². The summed E-state index contributed by atoms with van der Waals surface area (Å²) in [6.07, 6.45) is 0. The predicted molar refractivity (Wildman–Crippen MR) is 72.2 cm³/mol. The molecule has 0 bridgehead atoms. The van der Waals surface area contributed by atoms with Gasteiger partial charge < -0.3 is 4.74 Å². The highest BCUT2D eigenvalue weighted by atomic mass is 35.5. The molecule has 0 aliphatic rings. The van der Waals surface area contributed by atoms with Crippen LogP contribution in [-0.4, -0.2) is 11.9 Å². The Balaban J connectivity index is 2.16. The largest absolute Gasteiger partial charge is 0.386 e. The summed E-state index contributed by atoms with van der Waals surface area (Å²) in [6.45, 7) is 0. The fraction of sp³-hybridized carbons (Fsp3) is 0.0667. The number of rotatable bonds is 3. The quantitative estimate of drug-likeness (QED) is 0.489. The minimum absolute atomic E-state index is 0.185. The molecule has 0 atom stereocenters. The van der Waals surface area contributed by atoms with Gasteiger partial charge in [0.15, 0.2) is 0 Å². The van der Waals surface area contributed by atoms with Crippen molar-refractivity contribution >= 4 is 23.5 Å². The number of carbonyl (C=O) groups excluding carboxylic acids is 2. The highest BCUT2D eigenvalue weighted by Gasteiger charge is 2.16. The Morgan fingerprint density at radius 2 is 1.53 bits per heavy atom. The summed E-state index contributed by atoms with van der Waals surface area (Å²) in [4.78, 5) is 23.7. The van der Waals surface area contributed by atoms with Gasteiger partial charge in [0.1, 0.15) is 0 Å². The third-order valence-corrected chi connectivity index (χ3v) is 2.86. The van der Waals surface area contributed by atoms with Crippen LogP contribution in [0.15, 0.2) is 54.6 Å². The predicted octanol–water partition coefficient (Wildman–Crippen LogP) is 3.42. The average molecular weight is 275 g/mol. The van der Waals surface area contributed by atoms with Gasteiger partial charge in [0, 0.05) is 5.88 Å². The standard InChI is InChI=1S/C15H11ClO3/c16-10-12-8-4-5-9-13(12)15(18)19-14(17)11-6-2-1-3-7-11/h1-9H,10H2. The number of hydrogen-bond donors (Lipinski definition) is 0. The monoisotopic (exact) mass is 274 g/mol. The Hall–Kier alpha value is -2.13. The van der Waals surface area contributed by atoms with Gasteiger partial charge in [0.05, 0.1) is 11.1 Å². The van der Waals surface area contributed by atoms with E-state index in [9.17, 15) is 9.59 Å². The van der Waals surface area contributed by atoms with Crippen LogP contribution in [0.4, 0.5) is 0 Å². The zero-order valence-electron chi connectivity index (χ0n) is 10.0. The van der Waals surface area contributed by atoms with Gasteiger partial charge in [-0.15, -0.1) is 11.6 Å². The van der Waals surface area contributed by atoms with E-state index in [4.69, 9.17) is 16.3 Å². The summed E-state index contributed by atoms with van der Waals surface area (Å²) >= 11 is 5.74. The molecule has 4 heteroatoms. The van der Waals surface area contributed by atoms with Gasteiger partial charge in [-0.3, -0.25) is 0 Å². The number of esters is 2. The average Bonchev–Trinajstić information content (AvgIpc) is 2.48. The normalized spacial score (nSPS) is 9.95. The second-order valence-electron chi connectivity index (χ2n) is 3.83. The van der Waals surface area contributed by atoms with Crippen LogP contribution in [0.25, 0.3) is 0 Å². The lowest BCUT2D eigenvalue weighted by atomic mass is 10.1. The fourth-order valence-corrected chi connectivity index (χ4v) is 1.84. The molecule has 0 saturated carbocycles. The molecule has 2 aromatic carbocycles. The molecular formula is C15H11ClO3. The zero-order chi connectivity index (χ0) is 13.7. The van der Waals surface area contributed by atoms with Crippen LogP contribution >= 0.6 is 11.6 Å². The van der Waals surface area contributed by atoms with E-state index in [0.29, 0.717) is 16.7 Å². The van der Waals surface area contributed by atoms with Crippen molar-refractivity contribution in [1.82, 2.24) is 0 Å². The van der Waals surface area contributed by atoms with E-state index >= 15 is 0 Å². The lowest BCUT2D eigenvalue weighted by Gasteiger charge is -2.06. The van der Waals surface area contributed by atoms with Crippen molar-refractivity contribution in [1.29, 1.82) is 0 Å². The van der Waals surface area contributed by atoms with Crippen molar-refractivity contribution < 1.29 is 14.3 Å². The maximum Gasteiger partial charge on any atom is 0.346 e. The van der Waals surface area contributed by atoms with E-state index < -0.39 is 11.9 Å². The Morgan fingerprint density at radius 1 is 0.895 bits per heavy atom. The van der Waals surface area contributed by atoms with Gasteiger partial charge in [-0.05, 0) is 23.8 Å². The van der Waals surface area contributed by atoms with Crippen molar-refractivity contribution in [3.63, 3.8) is 0 Å². The Bertz CT molecular complexity index is 593. The molecule has 96 valence electrons. The molecule has 2 aromatic rings. The number of halogens is 1. The van der Waals surface area contributed by atoms with E-state index in [0.717, 1.165) is 0 Å². The first-order valence-corrected chi connectivity index (χ1v) is 6.21. The van der Waals surface area contributed by atoms with E-state index in [1.54, 1.807) is 54.6 Å². The SMILES string of the molecule is O=C(OC(=O)c1ccccc1CCl)c1ccccc1. The highest BCUT2D eigenvalue weighted by Crippen LogP contribution is 2.13. The molecule has 0 N–H and O–H groups in total. The summed E-state index contributed by atoms with van der Waals surface area (Å²) in [5, 5.41) is 0. The van der Waals surface area contributed by atoms with Gasteiger partial charge in [-0.1, -0.05) is 36.4 Å². The number of ether oxygens (including phenoxy) is 1. The van der Waals surface area contributed by atoms with Gasteiger partial charge in [0.2, 0.25) is 0 Å². The fourth-order valence-electron chi connectivity index (χ4n) is 1.61. The molecule has 0 aliphatic heterocycles. The number of hydrogen-bond acceptors (Lipinski definition) is 3. The summed E-state index contributed by atoms with van der Waals surface area (Å²) in [5.41, 5.74) is 1.27. The van der Waals surface area contributed by atoms with E-state index in [1.165, 1.54) is 0 Å². The van der Waals surface area contributed by atoms with Crippen LogP contribution in [-0.2, 0) is 10.6 Å². The first kappa shape index (κ1) is 13.3. The van der Waals surface area contributed by atoms with Crippen molar-refractivity contribution in [3.8, 4) is 0 Å². The van der Waals surface area contributed by atoms with Crippen molar-refractivity contribution in [3.05, 3.63) is 71.3 Å². The number of benzene rings is 2. The minimum Gasteiger partial charge on any atom is -0.386 e. The van der Waals surface area contributed by atoms with Crippen LogP contribution in [0, 0.1) is 0 Å². The number of alkyl halides is 1. The third-order valence-electron chi connectivity index (χ3n) is 2.58. The van der Waals surface area contributed by atoms with E-state index in [-0.39, 0.29) is 5.88 Å². The van der Waals surface area contributed by atoms with Crippen LogP contribution in [0.1, 0.15) is 26.3 Å². The molecule has 0 aromatic heterocycles.